The molecule has 7 fully saturated rings. The lowest BCUT2D eigenvalue weighted by Gasteiger charge is -2.93. The maximum atomic E-state index is 1.70. The molecule has 0 saturated heterocycles. The zero-order chi connectivity index (χ0) is 11.3. The van der Waals surface area contributed by atoms with Gasteiger partial charge in [-0.05, 0) is 110 Å². The molecule has 7 rings (SSSR count). The van der Waals surface area contributed by atoms with Crippen LogP contribution in [-0.2, 0) is 0 Å². The Labute approximate surface area is 110 Å². The summed E-state index contributed by atoms with van der Waals surface area (Å²) in [7, 11) is 0. The SMILES string of the molecule is C1CC23CC(C4C5CCC56CC5CCC546)C2CC13. The first-order valence-electron chi connectivity index (χ1n) is 8.82. The van der Waals surface area contributed by atoms with Gasteiger partial charge in [-0.15, -0.1) is 0 Å². The van der Waals surface area contributed by atoms with Gasteiger partial charge < -0.3 is 0 Å². The summed E-state index contributed by atoms with van der Waals surface area (Å²) in [6, 6.07) is 0. The molecule has 7 aliphatic rings. The molecule has 0 aromatic carbocycles. The highest BCUT2D eigenvalue weighted by Gasteiger charge is 2.88. The molecule has 96 valence electrons. The van der Waals surface area contributed by atoms with Crippen LogP contribution in [0.2, 0.25) is 0 Å². The number of hydrogen-bond donors (Lipinski definition) is 0. The fourth-order valence-corrected chi connectivity index (χ4v) is 9.59. The Balaban J connectivity index is 1.26. The van der Waals surface area contributed by atoms with E-state index in [1.54, 1.807) is 57.8 Å². The molecule has 9 unspecified atom stereocenters. The molecule has 0 aliphatic heterocycles. The van der Waals surface area contributed by atoms with E-state index in [-0.39, 0.29) is 0 Å². The van der Waals surface area contributed by atoms with E-state index < -0.39 is 0 Å². The molecule has 9 atom stereocenters. The minimum Gasteiger partial charge on any atom is -0.0493 e. The van der Waals surface area contributed by atoms with Crippen molar-refractivity contribution in [3.8, 4) is 0 Å². The summed E-state index contributed by atoms with van der Waals surface area (Å²) in [5, 5.41) is 0. The standard InChI is InChI=1S/C18H24/c1-4-16-9-12(14(16)7-10(1)16)15-13-3-5-17(13)8-11-2-6-18(11,15)17/h10-15H,1-9H2. The van der Waals surface area contributed by atoms with E-state index in [1.165, 1.54) is 35.5 Å². The lowest BCUT2D eigenvalue weighted by Crippen LogP contribution is -2.87. The average Bonchev–Trinajstić information content (AvgIpc) is 2.27. The molecular weight excluding hydrogens is 216 g/mol. The maximum Gasteiger partial charge on any atom is -0.0176 e. The zero-order valence-corrected chi connectivity index (χ0v) is 11.3. The number of hydrogen-bond acceptors (Lipinski definition) is 0. The summed E-state index contributed by atoms with van der Waals surface area (Å²) >= 11 is 0. The minimum absolute atomic E-state index is 0.978. The third-order valence-corrected chi connectivity index (χ3v) is 10.5. The molecule has 18 heavy (non-hydrogen) atoms. The molecule has 0 aromatic heterocycles. The van der Waals surface area contributed by atoms with Crippen molar-refractivity contribution < 1.29 is 0 Å². The Morgan fingerprint density at radius 1 is 0.778 bits per heavy atom. The van der Waals surface area contributed by atoms with Crippen LogP contribution in [0, 0.1) is 51.8 Å². The smallest absolute Gasteiger partial charge is 0.0176 e. The molecule has 7 aliphatic carbocycles. The van der Waals surface area contributed by atoms with Crippen molar-refractivity contribution in [1.82, 2.24) is 0 Å². The predicted molar refractivity (Wildman–Crippen MR) is 69.8 cm³/mol. The van der Waals surface area contributed by atoms with Crippen LogP contribution < -0.4 is 0 Å². The van der Waals surface area contributed by atoms with Gasteiger partial charge in [-0.1, -0.05) is 0 Å². The molecule has 0 aromatic rings. The van der Waals surface area contributed by atoms with Crippen molar-refractivity contribution in [2.45, 2.75) is 57.8 Å². The van der Waals surface area contributed by atoms with Crippen molar-refractivity contribution >= 4 is 0 Å². The summed E-state index contributed by atoms with van der Waals surface area (Å²) in [4.78, 5) is 0. The van der Waals surface area contributed by atoms with Gasteiger partial charge in [-0.2, -0.15) is 0 Å². The third kappa shape index (κ3) is 0.523. The molecule has 0 radical (unpaired) electrons. The molecule has 0 nitrogen and oxygen atoms in total. The van der Waals surface area contributed by atoms with Gasteiger partial charge in [0.15, 0.2) is 0 Å². The highest BCUT2D eigenvalue weighted by molar-refractivity contribution is 5.36. The summed E-state index contributed by atoms with van der Waals surface area (Å²) in [6.45, 7) is 0. The van der Waals surface area contributed by atoms with Crippen LogP contribution in [0.3, 0.4) is 0 Å². The topological polar surface area (TPSA) is 0 Å². The van der Waals surface area contributed by atoms with Gasteiger partial charge in [0.25, 0.3) is 0 Å². The van der Waals surface area contributed by atoms with Gasteiger partial charge in [0, 0.05) is 0 Å². The molecule has 7 saturated carbocycles. The van der Waals surface area contributed by atoms with Crippen molar-refractivity contribution in [3.05, 3.63) is 0 Å². The average molecular weight is 240 g/mol. The van der Waals surface area contributed by atoms with Crippen LogP contribution in [0.15, 0.2) is 0 Å². The monoisotopic (exact) mass is 240 g/mol. The van der Waals surface area contributed by atoms with Crippen LogP contribution in [0.4, 0.5) is 0 Å². The summed E-state index contributed by atoms with van der Waals surface area (Å²) in [6.07, 6.45) is 14.9. The van der Waals surface area contributed by atoms with Gasteiger partial charge >= 0.3 is 0 Å². The highest BCUT2D eigenvalue weighted by Crippen LogP contribution is 2.95. The Bertz CT molecular complexity index is 494. The Hall–Kier alpha value is 0. The highest BCUT2D eigenvalue weighted by atomic mass is 14.9. The summed E-state index contributed by atoms with van der Waals surface area (Å²) in [5.74, 6) is 7.44. The molecular formula is C18H24. The Morgan fingerprint density at radius 2 is 1.72 bits per heavy atom. The molecule has 3 spiro atoms. The van der Waals surface area contributed by atoms with Crippen molar-refractivity contribution in [3.63, 3.8) is 0 Å². The molecule has 0 heteroatoms. The van der Waals surface area contributed by atoms with E-state index in [0.717, 1.165) is 16.2 Å². The fraction of sp³-hybridized carbons (Fsp3) is 1.00. The van der Waals surface area contributed by atoms with Crippen LogP contribution in [0.25, 0.3) is 0 Å². The molecule has 0 amide bonds. The van der Waals surface area contributed by atoms with Crippen LogP contribution in [0.5, 0.6) is 0 Å². The molecule has 0 heterocycles. The lowest BCUT2D eigenvalue weighted by atomic mass is 9.11. The zero-order valence-electron chi connectivity index (χ0n) is 11.3. The first kappa shape index (κ1) is 9.03. The molecule has 0 N–H and O–H groups in total. The molecule has 0 bridgehead atoms. The Kier molecular flexibility index (Phi) is 1.08. The van der Waals surface area contributed by atoms with Crippen LogP contribution in [0.1, 0.15) is 57.8 Å². The first-order valence-corrected chi connectivity index (χ1v) is 8.82. The van der Waals surface area contributed by atoms with Gasteiger partial charge in [0.2, 0.25) is 0 Å². The van der Waals surface area contributed by atoms with Crippen molar-refractivity contribution in [2.75, 3.05) is 0 Å². The minimum atomic E-state index is 0.978. The third-order valence-electron chi connectivity index (χ3n) is 10.5. The largest absolute Gasteiger partial charge is 0.0493 e. The summed E-state index contributed by atoms with van der Waals surface area (Å²) < 4.78 is 0. The van der Waals surface area contributed by atoms with E-state index in [4.69, 9.17) is 0 Å². The van der Waals surface area contributed by atoms with Gasteiger partial charge in [-0.3, -0.25) is 0 Å². The van der Waals surface area contributed by atoms with Crippen LogP contribution in [-0.4, -0.2) is 0 Å². The second-order valence-electron chi connectivity index (χ2n) is 9.49. The fourth-order valence-electron chi connectivity index (χ4n) is 9.59. The number of rotatable bonds is 1. The van der Waals surface area contributed by atoms with E-state index >= 15 is 0 Å². The first-order chi connectivity index (χ1) is 8.82. The van der Waals surface area contributed by atoms with Crippen LogP contribution >= 0.6 is 0 Å². The van der Waals surface area contributed by atoms with Crippen molar-refractivity contribution in [1.29, 1.82) is 0 Å². The van der Waals surface area contributed by atoms with E-state index in [0.29, 0.717) is 0 Å². The predicted octanol–water partition coefficient (Wildman–Crippen LogP) is 4.25. The van der Waals surface area contributed by atoms with Gasteiger partial charge in [0.05, 0.1) is 0 Å². The van der Waals surface area contributed by atoms with Crippen molar-refractivity contribution in [2.24, 2.45) is 51.8 Å². The summed E-state index contributed by atoms with van der Waals surface area (Å²) in [5.41, 5.74) is 2.94. The normalized spacial score (nSPS) is 80.0. The second-order valence-corrected chi connectivity index (χ2v) is 9.49. The van der Waals surface area contributed by atoms with Gasteiger partial charge in [0.1, 0.15) is 0 Å². The van der Waals surface area contributed by atoms with Gasteiger partial charge in [-0.25, -0.2) is 0 Å². The van der Waals surface area contributed by atoms with E-state index in [2.05, 4.69) is 0 Å². The second kappa shape index (κ2) is 2.15. The Morgan fingerprint density at radius 3 is 2.17 bits per heavy atom. The van der Waals surface area contributed by atoms with E-state index in [9.17, 15) is 0 Å². The maximum absolute atomic E-state index is 1.70. The lowest BCUT2D eigenvalue weighted by molar-refractivity contribution is -0.450. The van der Waals surface area contributed by atoms with E-state index in [1.807, 2.05) is 0 Å². The quantitative estimate of drug-likeness (QED) is 0.643.